The maximum absolute atomic E-state index is 9.44. The largest absolute Gasteiger partial charge is 0.502 e. The average Bonchev–Trinajstić information content (AvgIpc) is 2.89. The molecule has 128 valence electrons. The first kappa shape index (κ1) is 21.4. The summed E-state index contributed by atoms with van der Waals surface area (Å²) >= 11 is 9.36. The zero-order chi connectivity index (χ0) is 17.8. The van der Waals surface area contributed by atoms with Gasteiger partial charge in [0.1, 0.15) is 5.82 Å². The highest BCUT2D eigenvalue weighted by atomic mass is 32.1. The molecule has 1 aromatic heterocycles. The van der Waals surface area contributed by atoms with Crippen molar-refractivity contribution in [2.24, 2.45) is 0 Å². The topological polar surface area (TPSA) is 93.2 Å². The van der Waals surface area contributed by atoms with E-state index in [2.05, 4.69) is 32.8 Å². The normalized spacial score (nSPS) is 10.8. The van der Waals surface area contributed by atoms with Crippen molar-refractivity contribution >= 4 is 45.6 Å². The lowest BCUT2D eigenvalue weighted by Gasteiger charge is -2.09. The van der Waals surface area contributed by atoms with Crippen LogP contribution in [0.25, 0.3) is 11.0 Å². The molecule has 0 aliphatic rings. The fraction of sp³-hybridized carbons (Fsp3) is 0.400. The second-order valence-corrected chi connectivity index (χ2v) is 5.52. The molecule has 0 bridgehead atoms. The molecule has 0 spiro atoms. The van der Waals surface area contributed by atoms with Gasteiger partial charge in [0, 0.05) is 6.42 Å². The van der Waals surface area contributed by atoms with E-state index >= 15 is 0 Å². The minimum atomic E-state index is -0.574. The summed E-state index contributed by atoms with van der Waals surface area (Å²) in [6, 6.07) is 7.48. The molecule has 1 atom stereocenters. The van der Waals surface area contributed by atoms with Gasteiger partial charge in [0.15, 0.2) is 10.1 Å². The predicted octanol–water partition coefficient (Wildman–Crippen LogP) is 2.48. The van der Waals surface area contributed by atoms with E-state index in [4.69, 9.17) is 17.3 Å². The van der Waals surface area contributed by atoms with Crippen molar-refractivity contribution in [3.8, 4) is 0 Å². The van der Waals surface area contributed by atoms with Crippen molar-refractivity contribution in [1.82, 2.24) is 20.6 Å². The third-order valence-electron chi connectivity index (χ3n) is 2.41. The number of aromatic amines is 1. The van der Waals surface area contributed by atoms with E-state index in [-0.39, 0.29) is 16.5 Å². The number of aliphatic hydroxyl groups is 2. The van der Waals surface area contributed by atoms with Gasteiger partial charge in [-0.1, -0.05) is 12.1 Å². The molecule has 0 saturated heterocycles. The van der Waals surface area contributed by atoms with Gasteiger partial charge in [-0.2, -0.15) is 0 Å². The number of aliphatic hydroxyl groups excluding tert-OH is 2. The maximum atomic E-state index is 9.44. The molecule has 0 amide bonds. The molecule has 0 aliphatic heterocycles. The summed E-state index contributed by atoms with van der Waals surface area (Å²) in [5.74, 6) is -0.0648. The van der Waals surface area contributed by atoms with Gasteiger partial charge >= 0.3 is 0 Å². The van der Waals surface area contributed by atoms with Crippen LogP contribution in [0.3, 0.4) is 0 Å². The summed E-state index contributed by atoms with van der Waals surface area (Å²) in [5.41, 5.74) is 1.64. The Morgan fingerprint density at radius 3 is 2.09 bits per heavy atom. The van der Waals surface area contributed by atoms with Gasteiger partial charge in [0.25, 0.3) is 0 Å². The third kappa shape index (κ3) is 7.98. The molecule has 1 aromatic carbocycles. The molecular weight excluding hydrogens is 332 g/mol. The number of rotatable bonds is 4. The lowest BCUT2D eigenvalue weighted by Crippen LogP contribution is -2.14. The molecule has 0 radical (unpaired) electrons. The zero-order valence-electron chi connectivity index (χ0n) is 13.8. The molecule has 0 aliphatic carbocycles. The van der Waals surface area contributed by atoms with Crippen LogP contribution in [-0.2, 0) is 0 Å². The third-order valence-corrected chi connectivity index (χ3v) is 2.87. The monoisotopic (exact) mass is 356 g/mol. The lowest BCUT2D eigenvalue weighted by atomic mass is 10.1. The van der Waals surface area contributed by atoms with Gasteiger partial charge in [-0.15, -0.1) is 0 Å². The van der Waals surface area contributed by atoms with Gasteiger partial charge in [-0.3, -0.25) is 0 Å². The maximum Gasteiger partial charge on any atom is 0.167 e. The molecular formula is C15H24N4O2S2. The molecule has 23 heavy (non-hydrogen) atoms. The zero-order valence-corrected chi connectivity index (χ0v) is 15.4. The van der Waals surface area contributed by atoms with Gasteiger partial charge in [-0.05, 0) is 64.8 Å². The quantitative estimate of drug-likeness (QED) is 0.537. The molecule has 2 aromatic rings. The van der Waals surface area contributed by atoms with E-state index in [1.54, 1.807) is 0 Å². The Morgan fingerprint density at radius 1 is 1.13 bits per heavy atom. The number of H-pyrrole nitrogens is 1. The summed E-state index contributed by atoms with van der Waals surface area (Å²) in [4.78, 5) is 7.37. The summed E-state index contributed by atoms with van der Waals surface area (Å²) in [7, 11) is 7.50. The van der Waals surface area contributed by atoms with Crippen molar-refractivity contribution < 1.29 is 10.2 Å². The fourth-order valence-electron chi connectivity index (χ4n) is 1.61. The number of para-hydroxylation sites is 2. The number of thiocarbonyl (C=S) groups is 2. The van der Waals surface area contributed by atoms with Gasteiger partial charge in [0.2, 0.25) is 0 Å². The summed E-state index contributed by atoms with van der Waals surface area (Å²) in [5, 5.41) is 23.6. The molecule has 1 heterocycles. The Kier molecular flexibility index (Phi) is 11.1. The number of hydrogen-bond donors (Lipinski definition) is 5. The Balaban J connectivity index is 0.000000704. The van der Waals surface area contributed by atoms with Crippen LogP contribution in [0.4, 0.5) is 0 Å². The number of hydrogen-bond acceptors (Lipinski definition) is 5. The van der Waals surface area contributed by atoms with Gasteiger partial charge in [0.05, 0.1) is 17.0 Å². The van der Waals surface area contributed by atoms with Crippen LogP contribution in [0.1, 0.15) is 18.2 Å². The van der Waals surface area contributed by atoms with Crippen LogP contribution in [0.5, 0.6) is 0 Å². The van der Waals surface area contributed by atoms with E-state index in [0.29, 0.717) is 5.82 Å². The minimum absolute atomic E-state index is 0.0878. The number of fused-ring (bicyclic) bond motifs is 1. The number of nitrogens with one attached hydrogen (secondary N) is 3. The van der Waals surface area contributed by atoms with E-state index in [1.807, 2.05) is 52.5 Å². The Bertz CT molecular complexity index is 581. The van der Waals surface area contributed by atoms with Gasteiger partial charge < -0.3 is 25.8 Å². The summed E-state index contributed by atoms with van der Waals surface area (Å²) < 4.78 is 0. The van der Waals surface area contributed by atoms with Crippen molar-refractivity contribution in [2.75, 3.05) is 28.2 Å². The summed E-state index contributed by atoms with van der Waals surface area (Å²) in [6.45, 7) is 0. The molecule has 0 fully saturated rings. The molecule has 0 saturated carbocycles. The van der Waals surface area contributed by atoms with Crippen LogP contribution < -0.4 is 10.6 Å². The Labute approximate surface area is 147 Å². The Morgan fingerprint density at radius 2 is 1.65 bits per heavy atom. The van der Waals surface area contributed by atoms with Crippen molar-refractivity contribution in [2.45, 2.75) is 12.3 Å². The van der Waals surface area contributed by atoms with E-state index in [0.717, 1.165) is 11.0 Å². The fourth-order valence-corrected chi connectivity index (χ4v) is 1.97. The number of imidazole rings is 1. The van der Waals surface area contributed by atoms with Gasteiger partial charge in [-0.25, -0.2) is 4.98 Å². The van der Waals surface area contributed by atoms with Crippen LogP contribution in [-0.4, -0.2) is 58.5 Å². The smallest absolute Gasteiger partial charge is 0.167 e. The van der Waals surface area contributed by atoms with Crippen molar-refractivity contribution in [3.63, 3.8) is 0 Å². The molecule has 8 heteroatoms. The second-order valence-electron chi connectivity index (χ2n) is 4.63. The molecule has 1 unspecified atom stereocenters. The second kappa shape index (κ2) is 11.9. The highest BCUT2D eigenvalue weighted by molar-refractivity contribution is 7.80. The lowest BCUT2D eigenvalue weighted by molar-refractivity contribution is 0.507. The van der Waals surface area contributed by atoms with Crippen molar-refractivity contribution in [1.29, 1.82) is 0 Å². The average molecular weight is 357 g/mol. The molecule has 2 rings (SSSR count). The first-order valence-corrected chi connectivity index (χ1v) is 7.79. The molecule has 6 nitrogen and oxygen atoms in total. The molecule has 5 N–H and O–H groups in total. The van der Waals surface area contributed by atoms with E-state index in [1.165, 1.54) is 0 Å². The van der Waals surface area contributed by atoms with E-state index in [9.17, 15) is 5.11 Å². The number of benzene rings is 1. The first-order valence-electron chi connectivity index (χ1n) is 6.97. The van der Waals surface area contributed by atoms with Crippen LogP contribution in [0, 0.1) is 0 Å². The minimum Gasteiger partial charge on any atom is -0.502 e. The van der Waals surface area contributed by atoms with E-state index < -0.39 is 5.92 Å². The SMILES string of the molecule is CNC.CNC.OC(=S)CC(C(O)=S)c1nc2ccccc2[nH]1. The Hall–Kier alpha value is -1.61. The first-order chi connectivity index (χ1) is 10.9. The van der Waals surface area contributed by atoms with Crippen LogP contribution in [0.15, 0.2) is 24.3 Å². The highest BCUT2D eigenvalue weighted by Crippen LogP contribution is 2.21. The highest BCUT2D eigenvalue weighted by Gasteiger charge is 2.21. The van der Waals surface area contributed by atoms with Crippen molar-refractivity contribution in [3.05, 3.63) is 30.1 Å². The standard InChI is InChI=1S/C11H10N2O2S2.2C2H7N/c14-9(16)5-6(11(15)17)10-12-7-3-1-2-4-8(7)13-10;2*1-3-2/h1-4,6H,5H2,(H,12,13)(H,14,16)(H,15,17);2*3H,1-2H3. The number of aromatic nitrogens is 2. The summed E-state index contributed by atoms with van der Waals surface area (Å²) in [6.07, 6.45) is 0.0878. The number of nitrogens with zero attached hydrogens (tertiary/aromatic N) is 1. The van der Waals surface area contributed by atoms with Crippen LogP contribution in [0.2, 0.25) is 0 Å². The predicted molar refractivity (Wildman–Crippen MR) is 104 cm³/mol. The van der Waals surface area contributed by atoms with Crippen LogP contribution >= 0.6 is 24.4 Å².